The van der Waals surface area contributed by atoms with Gasteiger partial charge in [-0.25, -0.2) is 0 Å². The van der Waals surface area contributed by atoms with E-state index < -0.39 is 0 Å². The van der Waals surface area contributed by atoms with Crippen molar-refractivity contribution in [3.05, 3.63) is 0 Å². The zero-order chi connectivity index (χ0) is 5.33. The minimum atomic E-state index is 0.00154. The first-order chi connectivity index (χ1) is 3.27. The van der Waals surface area contributed by atoms with Crippen LogP contribution in [0.3, 0.4) is 0 Å². The number of alkyl halides is 2. The van der Waals surface area contributed by atoms with Gasteiger partial charge in [-0.15, -0.1) is 23.2 Å². The average Bonchev–Trinajstić information content (AvgIpc) is 1.61. The highest BCUT2D eigenvalue weighted by atomic mass is 35.5. The maximum Gasteiger partial charge on any atom is 0.0581 e. The molecule has 0 aromatic heterocycles. The first-order valence-corrected chi connectivity index (χ1v) is 3.43. The Labute approximate surface area is 53.8 Å². The van der Waals surface area contributed by atoms with Gasteiger partial charge in [0.25, 0.3) is 0 Å². The fourth-order valence-electron chi connectivity index (χ4n) is 0.694. The topological polar surface area (TPSA) is 0 Å². The molecule has 1 fully saturated rings. The van der Waals surface area contributed by atoms with E-state index in [1.165, 1.54) is 6.42 Å². The average molecular weight is 139 g/mol. The number of hydrogen-bond donors (Lipinski definition) is 0. The van der Waals surface area contributed by atoms with Gasteiger partial charge in [0.2, 0.25) is 0 Å². The summed E-state index contributed by atoms with van der Waals surface area (Å²) in [4.78, 5) is 0.00154. The van der Waals surface area contributed by atoms with Crippen LogP contribution >= 0.6 is 23.2 Å². The van der Waals surface area contributed by atoms with Crippen molar-refractivity contribution in [2.24, 2.45) is 0 Å². The molecule has 0 aromatic rings. The maximum atomic E-state index is 5.86. The standard InChI is InChI=1S/C5H8Cl2/c6-4-5(7)2-1-3-5/h1-4H2. The molecule has 0 N–H and O–H groups in total. The Morgan fingerprint density at radius 2 is 2.00 bits per heavy atom. The lowest BCUT2D eigenvalue weighted by molar-refractivity contribution is 0.387. The van der Waals surface area contributed by atoms with Gasteiger partial charge in [0, 0.05) is 5.88 Å². The number of halogens is 2. The first kappa shape index (κ1) is 5.71. The molecule has 0 heterocycles. The molecule has 0 radical (unpaired) electrons. The van der Waals surface area contributed by atoms with Crippen LogP contribution in [0.2, 0.25) is 0 Å². The van der Waals surface area contributed by atoms with Crippen molar-refractivity contribution in [2.75, 3.05) is 5.88 Å². The Morgan fingerprint density at radius 3 is 2.00 bits per heavy atom. The van der Waals surface area contributed by atoms with E-state index in [4.69, 9.17) is 23.2 Å². The summed E-state index contributed by atoms with van der Waals surface area (Å²) in [5, 5.41) is 0. The monoisotopic (exact) mass is 138 g/mol. The molecule has 2 heteroatoms. The fourth-order valence-corrected chi connectivity index (χ4v) is 1.23. The summed E-state index contributed by atoms with van der Waals surface area (Å²) in [5.41, 5.74) is 0. The summed E-state index contributed by atoms with van der Waals surface area (Å²) in [7, 11) is 0. The molecular weight excluding hydrogens is 131 g/mol. The molecule has 42 valence electrons. The summed E-state index contributed by atoms with van der Waals surface area (Å²) in [5.74, 6) is 0.620. The molecule has 0 saturated heterocycles. The third kappa shape index (κ3) is 1.03. The molecule has 7 heavy (non-hydrogen) atoms. The van der Waals surface area contributed by atoms with Crippen molar-refractivity contribution in [1.82, 2.24) is 0 Å². The molecule has 1 aliphatic carbocycles. The SMILES string of the molecule is ClCC1(Cl)CCC1. The van der Waals surface area contributed by atoms with Gasteiger partial charge in [-0.3, -0.25) is 0 Å². The second-order valence-corrected chi connectivity index (χ2v) is 3.21. The van der Waals surface area contributed by atoms with E-state index in [0.717, 1.165) is 12.8 Å². The molecule has 1 aliphatic rings. The third-order valence-corrected chi connectivity index (χ3v) is 2.65. The van der Waals surface area contributed by atoms with E-state index in [1.54, 1.807) is 0 Å². The van der Waals surface area contributed by atoms with Gasteiger partial charge in [0.1, 0.15) is 0 Å². The van der Waals surface area contributed by atoms with Gasteiger partial charge in [0.15, 0.2) is 0 Å². The van der Waals surface area contributed by atoms with Crippen LogP contribution in [-0.2, 0) is 0 Å². The summed E-state index contributed by atoms with van der Waals surface area (Å²) in [6, 6.07) is 0. The lowest BCUT2D eigenvalue weighted by Gasteiger charge is -2.33. The van der Waals surface area contributed by atoms with Crippen LogP contribution in [0.1, 0.15) is 19.3 Å². The van der Waals surface area contributed by atoms with Gasteiger partial charge in [-0.05, 0) is 19.3 Å². The van der Waals surface area contributed by atoms with Crippen molar-refractivity contribution in [3.63, 3.8) is 0 Å². The second kappa shape index (κ2) is 1.83. The van der Waals surface area contributed by atoms with E-state index in [0.29, 0.717) is 5.88 Å². The van der Waals surface area contributed by atoms with Gasteiger partial charge in [0.05, 0.1) is 4.87 Å². The van der Waals surface area contributed by atoms with E-state index in [9.17, 15) is 0 Å². The van der Waals surface area contributed by atoms with Crippen LogP contribution in [0.15, 0.2) is 0 Å². The Hall–Kier alpha value is 0.580. The Bertz CT molecular complexity index is 61.0. The van der Waals surface area contributed by atoms with Gasteiger partial charge < -0.3 is 0 Å². The fraction of sp³-hybridized carbons (Fsp3) is 1.00. The van der Waals surface area contributed by atoms with Crippen LogP contribution in [0.5, 0.6) is 0 Å². The Morgan fingerprint density at radius 1 is 1.43 bits per heavy atom. The van der Waals surface area contributed by atoms with Gasteiger partial charge >= 0.3 is 0 Å². The van der Waals surface area contributed by atoms with Crippen molar-refractivity contribution in [3.8, 4) is 0 Å². The maximum absolute atomic E-state index is 5.86. The van der Waals surface area contributed by atoms with E-state index in [2.05, 4.69) is 0 Å². The van der Waals surface area contributed by atoms with E-state index in [1.807, 2.05) is 0 Å². The van der Waals surface area contributed by atoms with Gasteiger partial charge in [-0.1, -0.05) is 0 Å². The highest BCUT2D eigenvalue weighted by Gasteiger charge is 2.33. The molecule has 0 aliphatic heterocycles. The van der Waals surface area contributed by atoms with Crippen LogP contribution in [0.4, 0.5) is 0 Å². The van der Waals surface area contributed by atoms with Crippen LogP contribution < -0.4 is 0 Å². The third-order valence-electron chi connectivity index (χ3n) is 1.49. The summed E-state index contributed by atoms with van der Waals surface area (Å²) < 4.78 is 0. The largest absolute Gasteiger partial charge is 0.125 e. The second-order valence-electron chi connectivity index (χ2n) is 2.14. The van der Waals surface area contributed by atoms with Crippen LogP contribution in [-0.4, -0.2) is 10.8 Å². The van der Waals surface area contributed by atoms with E-state index >= 15 is 0 Å². The molecule has 0 unspecified atom stereocenters. The van der Waals surface area contributed by atoms with Crippen LogP contribution in [0, 0.1) is 0 Å². The Kier molecular flexibility index (Phi) is 1.49. The van der Waals surface area contributed by atoms with E-state index in [-0.39, 0.29) is 4.87 Å². The summed E-state index contributed by atoms with van der Waals surface area (Å²) in [6.45, 7) is 0. The summed E-state index contributed by atoms with van der Waals surface area (Å²) >= 11 is 11.4. The molecule has 0 atom stereocenters. The highest BCUT2D eigenvalue weighted by molar-refractivity contribution is 6.31. The van der Waals surface area contributed by atoms with Gasteiger partial charge in [-0.2, -0.15) is 0 Å². The Balaban J connectivity index is 2.29. The number of hydrogen-bond acceptors (Lipinski definition) is 0. The van der Waals surface area contributed by atoms with Crippen molar-refractivity contribution in [1.29, 1.82) is 0 Å². The van der Waals surface area contributed by atoms with Crippen molar-refractivity contribution in [2.45, 2.75) is 24.1 Å². The smallest absolute Gasteiger partial charge is 0.0581 e. The predicted molar refractivity (Wildman–Crippen MR) is 33.2 cm³/mol. The molecule has 0 spiro atoms. The molecule has 0 bridgehead atoms. The molecular formula is C5H8Cl2. The van der Waals surface area contributed by atoms with Crippen molar-refractivity contribution < 1.29 is 0 Å². The lowest BCUT2D eigenvalue weighted by Crippen LogP contribution is -2.31. The quantitative estimate of drug-likeness (QED) is 0.489. The molecule has 0 aromatic carbocycles. The molecule has 1 rings (SSSR count). The molecule has 0 nitrogen and oxygen atoms in total. The zero-order valence-corrected chi connectivity index (χ0v) is 5.60. The predicted octanol–water partition coefficient (Wildman–Crippen LogP) is 2.39. The summed E-state index contributed by atoms with van der Waals surface area (Å²) in [6.07, 6.45) is 3.48. The first-order valence-electron chi connectivity index (χ1n) is 2.52. The zero-order valence-electron chi connectivity index (χ0n) is 4.08. The number of rotatable bonds is 1. The normalized spacial score (nSPS) is 26.6. The van der Waals surface area contributed by atoms with Crippen LogP contribution in [0.25, 0.3) is 0 Å². The highest BCUT2D eigenvalue weighted by Crippen LogP contribution is 2.38. The lowest BCUT2D eigenvalue weighted by atomic mass is 9.86. The molecule has 1 saturated carbocycles. The van der Waals surface area contributed by atoms with Crippen molar-refractivity contribution >= 4 is 23.2 Å². The minimum Gasteiger partial charge on any atom is -0.125 e. The minimum absolute atomic E-state index is 0.00154. The molecule has 0 amide bonds.